The monoisotopic (exact) mass is 137 g/mol. The average Bonchev–Trinajstić information content (AvgIpc) is 2.03. The number of rotatable bonds is 3. The van der Waals surface area contributed by atoms with Crippen molar-refractivity contribution < 1.29 is 0 Å². The van der Waals surface area contributed by atoms with Gasteiger partial charge in [0.25, 0.3) is 0 Å². The first kappa shape index (κ1) is 7.12. The molecule has 10 heavy (non-hydrogen) atoms. The highest BCUT2D eigenvalue weighted by Gasteiger charge is 1.90. The van der Waals surface area contributed by atoms with E-state index in [1.807, 2.05) is 0 Å². The van der Waals surface area contributed by atoms with Crippen LogP contribution >= 0.6 is 0 Å². The number of aromatic nitrogens is 3. The Kier molecular flexibility index (Phi) is 2.80. The summed E-state index contributed by atoms with van der Waals surface area (Å²) in [7, 11) is 0. The fourth-order valence-corrected chi connectivity index (χ4v) is 0.773. The molecule has 0 amide bonds. The van der Waals surface area contributed by atoms with E-state index in [9.17, 15) is 0 Å². The molecule has 0 spiro atoms. The molecule has 3 heteroatoms. The zero-order chi connectivity index (χ0) is 7.23. The molecule has 0 aliphatic heterocycles. The maximum atomic E-state index is 3.68. The van der Waals surface area contributed by atoms with Crippen molar-refractivity contribution in [3.05, 3.63) is 18.0 Å². The van der Waals surface area contributed by atoms with Crippen LogP contribution in [0.25, 0.3) is 0 Å². The van der Waals surface area contributed by atoms with Crippen LogP contribution in [0, 0.1) is 0 Å². The van der Waals surface area contributed by atoms with Crippen LogP contribution in [0.5, 0.6) is 0 Å². The van der Waals surface area contributed by atoms with Crippen LogP contribution in [0.4, 0.5) is 0 Å². The van der Waals surface area contributed by atoms with E-state index < -0.39 is 0 Å². The molecule has 0 aliphatic carbocycles. The Labute approximate surface area is 60.5 Å². The number of nitrogens with zero attached hydrogens (tertiary/aromatic N) is 3. The number of unbranched alkanes of at least 4 members (excludes halogenated alkanes) is 1. The Hall–Kier alpha value is -0.990. The molecular weight excluding hydrogens is 126 g/mol. The molecule has 1 aromatic heterocycles. The lowest BCUT2D eigenvalue weighted by Gasteiger charge is -1.94. The van der Waals surface area contributed by atoms with Crippen LogP contribution in [-0.2, 0) is 6.42 Å². The third-order valence-corrected chi connectivity index (χ3v) is 1.37. The summed E-state index contributed by atoms with van der Waals surface area (Å²) in [5.74, 6) is 0. The molecular formula is C7H11N3. The lowest BCUT2D eigenvalue weighted by molar-refractivity contribution is 0.765. The third kappa shape index (κ3) is 2.09. The second kappa shape index (κ2) is 3.93. The predicted octanol–water partition coefficient (Wildman–Crippen LogP) is 1.21. The fourth-order valence-electron chi connectivity index (χ4n) is 0.773. The van der Waals surface area contributed by atoms with Gasteiger partial charge in [-0.2, -0.15) is 0 Å². The lowest BCUT2D eigenvalue weighted by atomic mass is 10.2. The van der Waals surface area contributed by atoms with Gasteiger partial charge in [0, 0.05) is 0 Å². The van der Waals surface area contributed by atoms with Gasteiger partial charge in [0.1, 0.15) is 0 Å². The molecule has 0 atom stereocenters. The van der Waals surface area contributed by atoms with Gasteiger partial charge in [-0.15, -0.1) is 10.2 Å². The highest BCUT2D eigenvalue weighted by Crippen LogP contribution is 1.99. The molecule has 1 heterocycles. The standard InChI is InChI=1S/C7H11N3/c1-2-3-4-7-5-8-10-9-6-7/h5-6H,2-4H2,1H3. The van der Waals surface area contributed by atoms with Crippen LogP contribution < -0.4 is 0 Å². The molecule has 0 unspecified atom stereocenters. The van der Waals surface area contributed by atoms with Gasteiger partial charge in [-0.05, 0) is 23.6 Å². The van der Waals surface area contributed by atoms with Gasteiger partial charge in [-0.3, -0.25) is 0 Å². The first-order valence-corrected chi connectivity index (χ1v) is 3.55. The summed E-state index contributed by atoms with van der Waals surface area (Å²) >= 11 is 0. The second-order valence-electron chi connectivity index (χ2n) is 2.26. The minimum atomic E-state index is 1.07. The molecule has 0 saturated carbocycles. The van der Waals surface area contributed by atoms with E-state index in [1.165, 1.54) is 18.4 Å². The van der Waals surface area contributed by atoms with E-state index in [0.29, 0.717) is 0 Å². The Morgan fingerprint density at radius 2 is 2.00 bits per heavy atom. The molecule has 54 valence electrons. The van der Waals surface area contributed by atoms with E-state index in [4.69, 9.17) is 0 Å². The molecule has 0 saturated heterocycles. The van der Waals surface area contributed by atoms with Crippen LogP contribution in [0.15, 0.2) is 12.4 Å². The van der Waals surface area contributed by atoms with E-state index >= 15 is 0 Å². The molecule has 0 aromatic carbocycles. The van der Waals surface area contributed by atoms with E-state index in [0.717, 1.165) is 6.42 Å². The molecule has 0 N–H and O–H groups in total. The van der Waals surface area contributed by atoms with Crippen molar-refractivity contribution in [2.75, 3.05) is 0 Å². The Morgan fingerprint density at radius 3 is 2.60 bits per heavy atom. The molecule has 1 aromatic rings. The zero-order valence-electron chi connectivity index (χ0n) is 6.12. The minimum absolute atomic E-state index is 1.07. The van der Waals surface area contributed by atoms with Gasteiger partial charge in [-0.1, -0.05) is 13.3 Å². The first-order chi connectivity index (χ1) is 4.93. The van der Waals surface area contributed by atoms with Crippen molar-refractivity contribution in [2.45, 2.75) is 26.2 Å². The Bertz CT molecular complexity index is 173. The van der Waals surface area contributed by atoms with Gasteiger partial charge in [0.05, 0.1) is 12.4 Å². The van der Waals surface area contributed by atoms with E-state index in [-0.39, 0.29) is 0 Å². The van der Waals surface area contributed by atoms with Crippen molar-refractivity contribution in [1.82, 2.24) is 15.4 Å². The summed E-state index contributed by atoms with van der Waals surface area (Å²) in [6, 6.07) is 0. The first-order valence-electron chi connectivity index (χ1n) is 3.55. The summed E-state index contributed by atoms with van der Waals surface area (Å²) in [4.78, 5) is 0. The average molecular weight is 137 g/mol. The summed E-state index contributed by atoms with van der Waals surface area (Å²) in [6.07, 6.45) is 7.01. The largest absolute Gasteiger partial charge is 0.138 e. The summed E-state index contributed by atoms with van der Waals surface area (Å²) in [5, 5.41) is 10.8. The summed E-state index contributed by atoms with van der Waals surface area (Å²) in [6.45, 7) is 2.17. The normalized spacial score (nSPS) is 9.70. The predicted molar refractivity (Wildman–Crippen MR) is 38.4 cm³/mol. The molecule has 3 nitrogen and oxygen atoms in total. The molecule has 0 radical (unpaired) electrons. The number of hydrogen-bond donors (Lipinski definition) is 0. The highest BCUT2D eigenvalue weighted by atomic mass is 15.3. The van der Waals surface area contributed by atoms with Gasteiger partial charge in [-0.25, -0.2) is 0 Å². The quantitative estimate of drug-likeness (QED) is 0.628. The van der Waals surface area contributed by atoms with Gasteiger partial charge in [0.15, 0.2) is 0 Å². The Morgan fingerprint density at radius 1 is 1.30 bits per heavy atom. The van der Waals surface area contributed by atoms with Crippen molar-refractivity contribution in [3.8, 4) is 0 Å². The van der Waals surface area contributed by atoms with Crippen LogP contribution in [-0.4, -0.2) is 15.4 Å². The van der Waals surface area contributed by atoms with Crippen molar-refractivity contribution in [2.24, 2.45) is 0 Å². The lowest BCUT2D eigenvalue weighted by Crippen LogP contribution is -1.90. The minimum Gasteiger partial charge on any atom is -0.138 e. The summed E-state index contributed by atoms with van der Waals surface area (Å²) < 4.78 is 0. The van der Waals surface area contributed by atoms with Crippen LogP contribution in [0.1, 0.15) is 25.3 Å². The fraction of sp³-hybridized carbons (Fsp3) is 0.571. The number of hydrogen-bond acceptors (Lipinski definition) is 3. The SMILES string of the molecule is CCCCc1cnnnc1. The smallest absolute Gasteiger partial charge is 0.0561 e. The molecule has 0 bridgehead atoms. The highest BCUT2D eigenvalue weighted by molar-refractivity contribution is 5.00. The van der Waals surface area contributed by atoms with Crippen LogP contribution in [0.2, 0.25) is 0 Å². The maximum Gasteiger partial charge on any atom is 0.0561 e. The third-order valence-electron chi connectivity index (χ3n) is 1.37. The molecule has 1 rings (SSSR count). The van der Waals surface area contributed by atoms with Crippen molar-refractivity contribution >= 4 is 0 Å². The van der Waals surface area contributed by atoms with Crippen molar-refractivity contribution in [3.63, 3.8) is 0 Å². The maximum absolute atomic E-state index is 3.68. The van der Waals surface area contributed by atoms with E-state index in [2.05, 4.69) is 22.3 Å². The molecule has 0 aliphatic rings. The van der Waals surface area contributed by atoms with Gasteiger partial charge >= 0.3 is 0 Å². The van der Waals surface area contributed by atoms with Crippen molar-refractivity contribution in [1.29, 1.82) is 0 Å². The van der Waals surface area contributed by atoms with E-state index in [1.54, 1.807) is 12.4 Å². The van der Waals surface area contributed by atoms with Gasteiger partial charge < -0.3 is 0 Å². The Balaban J connectivity index is 2.43. The topological polar surface area (TPSA) is 38.7 Å². The zero-order valence-corrected chi connectivity index (χ0v) is 6.12. The van der Waals surface area contributed by atoms with Gasteiger partial charge in [0.2, 0.25) is 0 Å². The van der Waals surface area contributed by atoms with Crippen LogP contribution in [0.3, 0.4) is 0 Å². The number of aryl methyl sites for hydroxylation is 1. The second-order valence-corrected chi connectivity index (χ2v) is 2.26. The summed E-state index contributed by atoms with van der Waals surface area (Å²) in [5.41, 5.74) is 1.18. The molecule has 0 fully saturated rings.